The smallest absolute Gasteiger partial charge is 0.307 e. The predicted molar refractivity (Wildman–Crippen MR) is 79.3 cm³/mol. The third-order valence-corrected chi connectivity index (χ3v) is 4.68. The van der Waals surface area contributed by atoms with Crippen molar-refractivity contribution in [2.75, 3.05) is 0 Å². The third-order valence-electron chi connectivity index (χ3n) is 4.68. The fourth-order valence-corrected chi connectivity index (χ4v) is 3.17. The van der Waals surface area contributed by atoms with Gasteiger partial charge in [-0.3, -0.25) is 0 Å². The maximum Gasteiger partial charge on any atom is 0.393 e. The van der Waals surface area contributed by atoms with E-state index in [2.05, 4.69) is 11.4 Å². The molecule has 0 saturated heterocycles. The van der Waals surface area contributed by atoms with Gasteiger partial charge in [-0.05, 0) is 50.3 Å². The molecule has 1 fully saturated rings. The number of hydrogen-bond donors (Lipinski definition) is 1. The van der Waals surface area contributed by atoms with E-state index in [4.69, 9.17) is 0 Å². The Kier molecular flexibility index (Phi) is 4.97. The van der Waals surface area contributed by atoms with Crippen LogP contribution in [0.4, 0.5) is 13.2 Å². The molecule has 1 aliphatic rings. The summed E-state index contributed by atoms with van der Waals surface area (Å²) in [6.07, 6.45) is -1.68. The molecule has 0 amide bonds. The van der Waals surface area contributed by atoms with E-state index in [1.807, 2.05) is 32.9 Å². The number of hydrogen-bond acceptors (Lipinski definition) is 1. The van der Waals surface area contributed by atoms with Crippen LogP contribution in [0.15, 0.2) is 18.2 Å². The first-order valence-electron chi connectivity index (χ1n) is 7.69. The molecule has 0 spiro atoms. The van der Waals surface area contributed by atoms with Gasteiger partial charge in [-0.25, -0.2) is 0 Å². The zero-order valence-electron chi connectivity index (χ0n) is 12.9. The van der Waals surface area contributed by atoms with Gasteiger partial charge < -0.3 is 5.32 Å². The van der Waals surface area contributed by atoms with Crippen LogP contribution in [0.25, 0.3) is 0 Å². The zero-order valence-corrected chi connectivity index (χ0v) is 12.9. The monoisotopic (exact) mass is 299 g/mol. The van der Waals surface area contributed by atoms with E-state index in [0.717, 1.165) is 12.0 Å². The fraction of sp³-hybridized carbons (Fsp3) is 0.647. The first-order chi connectivity index (χ1) is 9.79. The standard InChI is InChI=1S/C17H24F3N/c1-11-8-9-14(10-12(11)2)13(3)21-16-7-5-4-6-15(16)17(18,19)20/h8-10,13,15-16,21H,4-7H2,1-3H3. The van der Waals surface area contributed by atoms with Crippen molar-refractivity contribution in [3.05, 3.63) is 34.9 Å². The van der Waals surface area contributed by atoms with E-state index in [1.54, 1.807) is 0 Å². The van der Waals surface area contributed by atoms with E-state index in [-0.39, 0.29) is 12.5 Å². The number of aryl methyl sites for hydroxylation is 2. The summed E-state index contributed by atoms with van der Waals surface area (Å²) in [6, 6.07) is 5.59. The molecule has 1 N–H and O–H groups in total. The first-order valence-corrected chi connectivity index (χ1v) is 7.69. The van der Waals surface area contributed by atoms with E-state index in [1.165, 1.54) is 11.1 Å². The molecule has 1 aromatic carbocycles. The van der Waals surface area contributed by atoms with E-state index in [0.29, 0.717) is 12.8 Å². The molecule has 0 aromatic heterocycles. The molecular formula is C17H24F3N. The SMILES string of the molecule is Cc1ccc(C(C)NC2CCCCC2C(F)(F)F)cc1C. The average Bonchev–Trinajstić information content (AvgIpc) is 2.41. The average molecular weight is 299 g/mol. The minimum Gasteiger partial charge on any atom is -0.307 e. The Morgan fingerprint density at radius 3 is 2.38 bits per heavy atom. The van der Waals surface area contributed by atoms with Gasteiger partial charge in [0.25, 0.3) is 0 Å². The van der Waals surface area contributed by atoms with Gasteiger partial charge in [-0.15, -0.1) is 0 Å². The summed E-state index contributed by atoms with van der Waals surface area (Å²) in [5, 5.41) is 3.22. The van der Waals surface area contributed by atoms with Crippen molar-refractivity contribution in [3.8, 4) is 0 Å². The fourth-order valence-electron chi connectivity index (χ4n) is 3.17. The molecule has 0 radical (unpaired) electrons. The summed E-state index contributed by atoms with van der Waals surface area (Å²) in [5.74, 6) is -1.21. The quantitative estimate of drug-likeness (QED) is 0.821. The Hall–Kier alpha value is -1.03. The van der Waals surface area contributed by atoms with E-state index < -0.39 is 18.1 Å². The topological polar surface area (TPSA) is 12.0 Å². The molecule has 3 unspecified atom stereocenters. The van der Waals surface area contributed by atoms with Gasteiger partial charge in [0.15, 0.2) is 0 Å². The molecule has 3 atom stereocenters. The van der Waals surface area contributed by atoms with Crippen molar-refractivity contribution < 1.29 is 13.2 Å². The van der Waals surface area contributed by atoms with Gasteiger partial charge in [-0.2, -0.15) is 13.2 Å². The molecule has 1 aromatic rings. The Balaban J connectivity index is 2.09. The highest BCUT2D eigenvalue weighted by Crippen LogP contribution is 2.38. The maximum atomic E-state index is 13.1. The van der Waals surface area contributed by atoms with Crippen molar-refractivity contribution in [3.63, 3.8) is 0 Å². The molecule has 1 saturated carbocycles. The second kappa shape index (κ2) is 6.39. The maximum absolute atomic E-state index is 13.1. The summed E-state index contributed by atoms with van der Waals surface area (Å²) in [7, 11) is 0. The lowest BCUT2D eigenvalue weighted by Crippen LogP contribution is -2.46. The Labute approximate surface area is 124 Å². The third kappa shape index (κ3) is 4.00. The van der Waals surface area contributed by atoms with Crippen LogP contribution in [0.5, 0.6) is 0 Å². The highest BCUT2D eigenvalue weighted by molar-refractivity contribution is 5.31. The van der Waals surface area contributed by atoms with Gasteiger partial charge in [0.05, 0.1) is 5.92 Å². The van der Waals surface area contributed by atoms with Gasteiger partial charge >= 0.3 is 6.18 Å². The van der Waals surface area contributed by atoms with Crippen LogP contribution in [0.3, 0.4) is 0 Å². The van der Waals surface area contributed by atoms with Crippen molar-refractivity contribution in [1.82, 2.24) is 5.32 Å². The largest absolute Gasteiger partial charge is 0.393 e. The highest BCUT2D eigenvalue weighted by atomic mass is 19.4. The molecule has 1 nitrogen and oxygen atoms in total. The molecule has 0 bridgehead atoms. The van der Waals surface area contributed by atoms with Crippen LogP contribution in [0, 0.1) is 19.8 Å². The Morgan fingerprint density at radius 1 is 1.10 bits per heavy atom. The normalized spacial score (nSPS) is 24.9. The minimum atomic E-state index is -4.10. The number of alkyl halides is 3. The van der Waals surface area contributed by atoms with Crippen LogP contribution >= 0.6 is 0 Å². The van der Waals surface area contributed by atoms with Crippen LogP contribution in [-0.4, -0.2) is 12.2 Å². The lowest BCUT2D eigenvalue weighted by atomic mass is 9.83. The van der Waals surface area contributed by atoms with E-state index >= 15 is 0 Å². The molecule has 4 heteroatoms. The summed E-state index contributed by atoms with van der Waals surface area (Å²) >= 11 is 0. The second-order valence-corrected chi connectivity index (χ2v) is 6.27. The molecule has 0 aliphatic heterocycles. The molecule has 118 valence electrons. The predicted octanol–water partition coefficient (Wildman–Crippen LogP) is 5.08. The zero-order chi connectivity index (χ0) is 15.6. The number of benzene rings is 1. The Bertz CT molecular complexity index is 481. The number of rotatable bonds is 3. The van der Waals surface area contributed by atoms with Crippen LogP contribution in [0.2, 0.25) is 0 Å². The van der Waals surface area contributed by atoms with Crippen molar-refractivity contribution >= 4 is 0 Å². The van der Waals surface area contributed by atoms with Crippen molar-refractivity contribution in [2.45, 2.75) is 64.7 Å². The van der Waals surface area contributed by atoms with Crippen LogP contribution in [-0.2, 0) is 0 Å². The van der Waals surface area contributed by atoms with Crippen LogP contribution in [0.1, 0.15) is 55.3 Å². The van der Waals surface area contributed by atoms with Gasteiger partial charge in [0, 0.05) is 12.1 Å². The van der Waals surface area contributed by atoms with E-state index in [9.17, 15) is 13.2 Å². The molecule has 21 heavy (non-hydrogen) atoms. The van der Waals surface area contributed by atoms with Gasteiger partial charge in [-0.1, -0.05) is 31.0 Å². The summed E-state index contributed by atoms with van der Waals surface area (Å²) in [5.41, 5.74) is 3.44. The van der Waals surface area contributed by atoms with Gasteiger partial charge in [0.2, 0.25) is 0 Å². The molecule has 1 aliphatic carbocycles. The summed E-state index contributed by atoms with van der Waals surface area (Å²) in [4.78, 5) is 0. The first kappa shape index (κ1) is 16.3. The molecular weight excluding hydrogens is 275 g/mol. The highest BCUT2D eigenvalue weighted by Gasteiger charge is 2.45. The lowest BCUT2D eigenvalue weighted by molar-refractivity contribution is -0.189. The number of nitrogens with one attached hydrogen (secondary N) is 1. The minimum absolute atomic E-state index is 0.0581. The van der Waals surface area contributed by atoms with Gasteiger partial charge in [0.1, 0.15) is 0 Å². The molecule has 2 rings (SSSR count). The lowest BCUT2D eigenvalue weighted by Gasteiger charge is -2.35. The van der Waals surface area contributed by atoms with Crippen molar-refractivity contribution in [1.29, 1.82) is 0 Å². The van der Waals surface area contributed by atoms with Crippen molar-refractivity contribution in [2.24, 2.45) is 5.92 Å². The Morgan fingerprint density at radius 2 is 1.76 bits per heavy atom. The van der Waals surface area contributed by atoms with Crippen LogP contribution < -0.4 is 5.32 Å². The second-order valence-electron chi connectivity index (χ2n) is 6.27. The summed E-state index contributed by atoms with van der Waals surface area (Å²) < 4.78 is 39.4. The molecule has 0 heterocycles. The summed E-state index contributed by atoms with van der Waals surface area (Å²) in [6.45, 7) is 6.02. The number of halogens is 3.